The molecule has 3 aromatic carbocycles. The number of hydrogen-bond acceptors (Lipinski definition) is 2. The molecular formula is C23H22N2O. The Labute approximate surface area is 153 Å². The SMILES string of the molecule is CCn1c(C(O)(c2ccccc2)c2ccccc2)nc2ccc(C)cc21. The normalized spacial score (nSPS) is 11.8. The molecule has 0 aliphatic heterocycles. The molecule has 0 radical (unpaired) electrons. The number of rotatable bonds is 4. The molecule has 1 N–H and O–H groups in total. The fourth-order valence-corrected chi connectivity index (χ4v) is 3.61. The van der Waals surface area contributed by atoms with Gasteiger partial charge in [-0.15, -0.1) is 0 Å². The lowest BCUT2D eigenvalue weighted by Gasteiger charge is -2.29. The quantitative estimate of drug-likeness (QED) is 0.586. The first kappa shape index (κ1) is 16.6. The van der Waals surface area contributed by atoms with Crippen molar-refractivity contribution in [2.24, 2.45) is 0 Å². The van der Waals surface area contributed by atoms with Gasteiger partial charge >= 0.3 is 0 Å². The summed E-state index contributed by atoms with van der Waals surface area (Å²) in [6.07, 6.45) is 0. The number of benzene rings is 3. The molecule has 0 saturated carbocycles. The van der Waals surface area contributed by atoms with Gasteiger partial charge in [-0.1, -0.05) is 66.7 Å². The van der Waals surface area contributed by atoms with Gasteiger partial charge in [-0.3, -0.25) is 0 Å². The standard InChI is InChI=1S/C23H22N2O/c1-3-25-21-16-17(2)14-15-20(21)24-22(25)23(26,18-10-6-4-7-11-18)19-12-8-5-9-13-19/h4-16,26H,3H2,1-2H3. The zero-order valence-electron chi connectivity index (χ0n) is 15.1. The Hall–Kier alpha value is -2.91. The number of imidazole rings is 1. The van der Waals surface area contributed by atoms with Gasteiger partial charge in [0.1, 0.15) is 0 Å². The minimum Gasteiger partial charge on any atom is -0.373 e. The Bertz CT molecular complexity index is 996. The molecule has 3 heteroatoms. The Morgan fingerprint density at radius 3 is 2.00 bits per heavy atom. The molecule has 4 aromatic rings. The molecule has 0 bridgehead atoms. The van der Waals surface area contributed by atoms with E-state index in [9.17, 15) is 5.11 Å². The van der Waals surface area contributed by atoms with Crippen LogP contribution in [0.25, 0.3) is 11.0 Å². The van der Waals surface area contributed by atoms with Gasteiger partial charge in [-0.25, -0.2) is 4.98 Å². The average Bonchev–Trinajstić information content (AvgIpc) is 3.06. The molecule has 0 spiro atoms. The highest BCUT2D eigenvalue weighted by Crippen LogP contribution is 2.37. The van der Waals surface area contributed by atoms with Gasteiger partial charge in [0.2, 0.25) is 0 Å². The molecule has 0 aliphatic carbocycles. The molecule has 0 atom stereocenters. The van der Waals surface area contributed by atoms with Crippen molar-refractivity contribution in [2.75, 3.05) is 0 Å². The second-order valence-electron chi connectivity index (χ2n) is 6.61. The summed E-state index contributed by atoms with van der Waals surface area (Å²) in [5, 5.41) is 12.0. The van der Waals surface area contributed by atoms with Crippen LogP contribution in [0.4, 0.5) is 0 Å². The van der Waals surface area contributed by atoms with E-state index in [4.69, 9.17) is 4.98 Å². The average molecular weight is 342 g/mol. The number of nitrogens with zero attached hydrogens (tertiary/aromatic N) is 2. The van der Waals surface area contributed by atoms with Crippen LogP contribution < -0.4 is 0 Å². The van der Waals surface area contributed by atoms with E-state index < -0.39 is 5.60 Å². The highest BCUT2D eigenvalue weighted by Gasteiger charge is 2.38. The van der Waals surface area contributed by atoms with E-state index in [2.05, 4.69) is 30.5 Å². The zero-order chi connectivity index (χ0) is 18.1. The Morgan fingerprint density at radius 2 is 1.46 bits per heavy atom. The molecule has 0 saturated heterocycles. The third-order valence-electron chi connectivity index (χ3n) is 4.93. The van der Waals surface area contributed by atoms with Gasteiger partial charge in [0.05, 0.1) is 11.0 Å². The second kappa shape index (κ2) is 6.43. The summed E-state index contributed by atoms with van der Waals surface area (Å²) in [6, 6.07) is 25.8. The van der Waals surface area contributed by atoms with Crippen LogP contribution in [-0.4, -0.2) is 14.7 Å². The molecule has 0 fully saturated rings. The summed E-state index contributed by atoms with van der Waals surface area (Å²) < 4.78 is 2.11. The van der Waals surface area contributed by atoms with Crippen molar-refractivity contribution < 1.29 is 5.11 Å². The van der Waals surface area contributed by atoms with E-state index in [0.717, 1.165) is 28.7 Å². The number of fused-ring (bicyclic) bond motifs is 1. The van der Waals surface area contributed by atoms with Crippen LogP contribution in [0.15, 0.2) is 78.9 Å². The highest BCUT2D eigenvalue weighted by molar-refractivity contribution is 5.77. The third-order valence-corrected chi connectivity index (χ3v) is 4.93. The predicted octanol–water partition coefficient (Wildman–Crippen LogP) is 4.65. The van der Waals surface area contributed by atoms with E-state index >= 15 is 0 Å². The van der Waals surface area contributed by atoms with Crippen molar-refractivity contribution in [1.29, 1.82) is 0 Å². The topological polar surface area (TPSA) is 38.0 Å². The van der Waals surface area contributed by atoms with Crippen LogP contribution in [0.1, 0.15) is 29.4 Å². The van der Waals surface area contributed by atoms with Crippen molar-refractivity contribution in [3.05, 3.63) is 101 Å². The summed E-state index contributed by atoms with van der Waals surface area (Å²) in [5.74, 6) is 0.651. The van der Waals surface area contributed by atoms with E-state index in [-0.39, 0.29) is 0 Å². The van der Waals surface area contributed by atoms with Crippen LogP contribution in [-0.2, 0) is 12.1 Å². The first-order valence-electron chi connectivity index (χ1n) is 8.95. The largest absolute Gasteiger partial charge is 0.373 e. The lowest BCUT2D eigenvalue weighted by molar-refractivity contribution is 0.112. The third kappa shape index (κ3) is 2.52. The van der Waals surface area contributed by atoms with Crippen molar-refractivity contribution in [1.82, 2.24) is 9.55 Å². The molecular weight excluding hydrogens is 320 g/mol. The predicted molar refractivity (Wildman–Crippen MR) is 105 cm³/mol. The summed E-state index contributed by atoms with van der Waals surface area (Å²) in [4.78, 5) is 4.86. The Balaban J connectivity index is 2.06. The molecule has 0 aliphatic rings. The van der Waals surface area contributed by atoms with Crippen LogP contribution in [0, 0.1) is 6.92 Å². The lowest BCUT2D eigenvalue weighted by atomic mass is 9.85. The molecule has 3 nitrogen and oxygen atoms in total. The lowest BCUT2D eigenvalue weighted by Crippen LogP contribution is -2.32. The van der Waals surface area contributed by atoms with Gasteiger partial charge in [0, 0.05) is 6.54 Å². The van der Waals surface area contributed by atoms with Gasteiger partial charge in [-0.05, 0) is 42.7 Å². The molecule has 4 rings (SSSR count). The summed E-state index contributed by atoms with van der Waals surface area (Å²) in [6.45, 7) is 4.90. The first-order valence-corrected chi connectivity index (χ1v) is 8.95. The minimum atomic E-state index is -1.31. The maximum Gasteiger partial charge on any atom is 0.173 e. The van der Waals surface area contributed by atoms with E-state index in [0.29, 0.717) is 5.82 Å². The monoisotopic (exact) mass is 342 g/mol. The maximum atomic E-state index is 12.0. The summed E-state index contributed by atoms with van der Waals surface area (Å²) in [5.41, 5.74) is 3.44. The van der Waals surface area contributed by atoms with E-state index in [1.807, 2.05) is 66.7 Å². The molecule has 1 aromatic heterocycles. The van der Waals surface area contributed by atoms with E-state index in [1.54, 1.807) is 0 Å². The van der Waals surface area contributed by atoms with Crippen molar-refractivity contribution in [2.45, 2.75) is 26.0 Å². The smallest absolute Gasteiger partial charge is 0.173 e. The molecule has 26 heavy (non-hydrogen) atoms. The fourth-order valence-electron chi connectivity index (χ4n) is 3.61. The Kier molecular flexibility index (Phi) is 4.09. The first-order chi connectivity index (χ1) is 12.6. The van der Waals surface area contributed by atoms with Crippen molar-refractivity contribution in [3.8, 4) is 0 Å². The van der Waals surface area contributed by atoms with Crippen LogP contribution in [0.5, 0.6) is 0 Å². The number of hydrogen-bond donors (Lipinski definition) is 1. The minimum absolute atomic E-state index is 0.651. The van der Waals surface area contributed by atoms with Gasteiger partial charge in [0.25, 0.3) is 0 Å². The van der Waals surface area contributed by atoms with Gasteiger partial charge in [0.15, 0.2) is 11.4 Å². The van der Waals surface area contributed by atoms with Crippen LogP contribution >= 0.6 is 0 Å². The number of aliphatic hydroxyl groups is 1. The van der Waals surface area contributed by atoms with Gasteiger partial charge in [-0.2, -0.15) is 0 Å². The maximum absolute atomic E-state index is 12.0. The second-order valence-corrected chi connectivity index (χ2v) is 6.61. The summed E-state index contributed by atoms with van der Waals surface area (Å²) in [7, 11) is 0. The number of aromatic nitrogens is 2. The molecule has 1 heterocycles. The molecule has 0 unspecified atom stereocenters. The van der Waals surface area contributed by atoms with Crippen LogP contribution in [0.3, 0.4) is 0 Å². The zero-order valence-corrected chi connectivity index (χ0v) is 15.1. The Morgan fingerprint density at radius 1 is 0.885 bits per heavy atom. The van der Waals surface area contributed by atoms with Crippen LogP contribution in [0.2, 0.25) is 0 Å². The van der Waals surface area contributed by atoms with Crippen molar-refractivity contribution in [3.63, 3.8) is 0 Å². The van der Waals surface area contributed by atoms with Gasteiger partial charge < -0.3 is 9.67 Å². The van der Waals surface area contributed by atoms with Crippen molar-refractivity contribution >= 4 is 11.0 Å². The molecule has 130 valence electrons. The highest BCUT2D eigenvalue weighted by atomic mass is 16.3. The number of aryl methyl sites for hydroxylation is 2. The van der Waals surface area contributed by atoms with E-state index in [1.165, 1.54) is 5.56 Å². The molecule has 0 amide bonds. The fraction of sp³-hybridized carbons (Fsp3) is 0.174. The summed E-state index contributed by atoms with van der Waals surface area (Å²) >= 11 is 0.